The van der Waals surface area contributed by atoms with E-state index in [1.165, 1.54) is 4.88 Å². The maximum atomic E-state index is 12.6. The quantitative estimate of drug-likeness (QED) is 0.221. The molecule has 0 bridgehead atoms. The third-order valence-corrected chi connectivity index (χ3v) is 4.71. The standard InChI is InChI=1S/C16H22F3N7S.HI/c1-10-11(2)27-13(25-10)5-7-21-14(20-3)23-8-9-24-15-22-6-4-12(26-15)16(17,18)19;/h4,6H,5,7-9H2,1-3H3,(H2,20,21,23)(H,22,24,26);1H. The summed E-state index contributed by atoms with van der Waals surface area (Å²) in [5, 5.41) is 10.1. The smallest absolute Gasteiger partial charge is 0.356 e. The predicted octanol–water partition coefficient (Wildman–Crippen LogP) is 3.01. The van der Waals surface area contributed by atoms with Crippen molar-refractivity contribution in [3.63, 3.8) is 0 Å². The summed E-state index contributed by atoms with van der Waals surface area (Å²) in [5.74, 6) is 0.538. The summed E-state index contributed by atoms with van der Waals surface area (Å²) < 4.78 is 37.8. The number of nitrogens with zero attached hydrogens (tertiary/aromatic N) is 4. The number of thiazole rings is 1. The predicted molar refractivity (Wildman–Crippen MR) is 116 cm³/mol. The second kappa shape index (κ2) is 11.3. The van der Waals surface area contributed by atoms with Crippen LogP contribution in [-0.2, 0) is 12.6 Å². The number of aromatic nitrogens is 3. The zero-order valence-electron chi connectivity index (χ0n) is 15.7. The van der Waals surface area contributed by atoms with Crippen LogP contribution in [0.4, 0.5) is 19.1 Å². The molecule has 2 aromatic rings. The molecule has 0 saturated heterocycles. The van der Waals surface area contributed by atoms with E-state index in [2.05, 4.69) is 35.9 Å². The molecule has 2 aromatic heterocycles. The van der Waals surface area contributed by atoms with Gasteiger partial charge in [-0.2, -0.15) is 13.2 Å². The molecule has 3 N–H and O–H groups in total. The van der Waals surface area contributed by atoms with Gasteiger partial charge >= 0.3 is 6.18 Å². The normalized spacial score (nSPS) is 11.7. The summed E-state index contributed by atoms with van der Waals surface area (Å²) in [6.07, 6.45) is -2.62. The number of aryl methyl sites for hydroxylation is 2. The molecule has 0 aliphatic carbocycles. The van der Waals surface area contributed by atoms with E-state index in [0.29, 0.717) is 25.6 Å². The molecule has 7 nitrogen and oxygen atoms in total. The van der Waals surface area contributed by atoms with E-state index < -0.39 is 11.9 Å². The highest BCUT2D eigenvalue weighted by molar-refractivity contribution is 14.0. The first-order valence-electron chi connectivity index (χ1n) is 8.31. The summed E-state index contributed by atoms with van der Waals surface area (Å²) in [6, 6.07) is 0.834. The molecule has 0 aliphatic heterocycles. The van der Waals surface area contributed by atoms with E-state index >= 15 is 0 Å². The van der Waals surface area contributed by atoms with Gasteiger partial charge in [-0.05, 0) is 19.9 Å². The topological polar surface area (TPSA) is 87.1 Å². The molecule has 0 unspecified atom stereocenters. The number of alkyl halides is 3. The van der Waals surface area contributed by atoms with Crippen molar-refractivity contribution in [1.29, 1.82) is 0 Å². The summed E-state index contributed by atoms with van der Waals surface area (Å²) >= 11 is 1.68. The van der Waals surface area contributed by atoms with Gasteiger partial charge in [-0.25, -0.2) is 15.0 Å². The minimum absolute atomic E-state index is 0. The van der Waals surface area contributed by atoms with Gasteiger partial charge in [0.25, 0.3) is 0 Å². The molecule has 0 atom stereocenters. The number of aliphatic imine (C=N–C) groups is 1. The molecule has 0 spiro atoms. The van der Waals surface area contributed by atoms with Crippen molar-refractivity contribution in [3.8, 4) is 0 Å². The number of hydrogen-bond donors (Lipinski definition) is 3. The minimum atomic E-state index is -4.49. The fourth-order valence-electron chi connectivity index (χ4n) is 2.11. The second-order valence-electron chi connectivity index (χ2n) is 5.61. The van der Waals surface area contributed by atoms with Crippen LogP contribution in [0.3, 0.4) is 0 Å². The van der Waals surface area contributed by atoms with Gasteiger partial charge in [-0.15, -0.1) is 35.3 Å². The van der Waals surface area contributed by atoms with Gasteiger partial charge < -0.3 is 16.0 Å². The number of nitrogens with one attached hydrogen (secondary N) is 3. The summed E-state index contributed by atoms with van der Waals surface area (Å²) in [4.78, 5) is 17.0. The fourth-order valence-corrected chi connectivity index (χ4v) is 3.04. The van der Waals surface area contributed by atoms with Crippen LogP contribution in [0.2, 0.25) is 0 Å². The molecule has 12 heteroatoms. The molecular weight excluding hydrogens is 506 g/mol. The lowest BCUT2D eigenvalue weighted by Gasteiger charge is -2.12. The second-order valence-corrected chi connectivity index (χ2v) is 6.90. The third-order valence-electron chi connectivity index (χ3n) is 3.57. The molecule has 0 aliphatic rings. The Morgan fingerprint density at radius 3 is 2.46 bits per heavy atom. The van der Waals surface area contributed by atoms with Crippen LogP contribution in [0, 0.1) is 13.8 Å². The van der Waals surface area contributed by atoms with Crippen LogP contribution in [-0.4, -0.2) is 47.6 Å². The van der Waals surface area contributed by atoms with Crippen molar-refractivity contribution in [2.75, 3.05) is 32.0 Å². The fraction of sp³-hybridized carbons (Fsp3) is 0.500. The van der Waals surface area contributed by atoms with Crippen LogP contribution in [0.5, 0.6) is 0 Å². The minimum Gasteiger partial charge on any atom is -0.356 e. The molecule has 0 aromatic carbocycles. The van der Waals surface area contributed by atoms with Crippen molar-refractivity contribution < 1.29 is 13.2 Å². The molecule has 2 heterocycles. The molecule has 2 rings (SSSR count). The first-order chi connectivity index (χ1) is 12.8. The molecule has 156 valence electrons. The zero-order chi connectivity index (χ0) is 19.9. The van der Waals surface area contributed by atoms with E-state index in [4.69, 9.17) is 0 Å². The Hall–Kier alpha value is -1.70. The van der Waals surface area contributed by atoms with Gasteiger partial charge in [0.15, 0.2) is 5.96 Å². The molecule has 28 heavy (non-hydrogen) atoms. The van der Waals surface area contributed by atoms with Crippen LogP contribution < -0.4 is 16.0 Å². The van der Waals surface area contributed by atoms with Crippen LogP contribution >= 0.6 is 35.3 Å². The van der Waals surface area contributed by atoms with E-state index in [1.54, 1.807) is 18.4 Å². The largest absolute Gasteiger partial charge is 0.433 e. The summed E-state index contributed by atoms with van der Waals surface area (Å²) in [5.41, 5.74) is 0.0819. The van der Waals surface area contributed by atoms with Crippen LogP contribution in [0.25, 0.3) is 0 Å². The Morgan fingerprint density at radius 1 is 1.14 bits per heavy atom. The Morgan fingerprint density at radius 2 is 1.86 bits per heavy atom. The molecule has 0 radical (unpaired) electrons. The maximum Gasteiger partial charge on any atom is 0.433 e. The molecule has 0 fully saturated rings. The number of anilines is 1. The average molecular weight is 529 g/mol. The highest BCUT2D eigenvalue weighted by atomic mass is 127. The van der Waals surface area contributed by atoms with Gasteiger partial charge in [0, 0.05) is 44.2 Å². The first kappa shape index (κ1) is 24.3. The lowest BCUT2D eigenvalue weighted by molar-refractivity contribution is -0.141. The Labute approximate surface area is 182 Å². The zero-order valence-corrected chi connectivity index (χ0v) is 18.9. The van der Waals surface area contributed by atoms with Gasteiger partial charge in [0.05, 0.1) is 10.7 Å². The van der Waals surface area contributed by atoms with Crippen molar-refractivity contribution >= 4 is 47.2 Å². The molecule has 0 saturated carbocycles. The number of halogens is 4. The van der Waals surface area contributed by atoms with Crippen LogP contribution in [0.15, 0.2) is 17.3 Å². The Balaban J connectivity index is 0.00000392. The number of rotatable bonds is 7. The van der Waals surface area contributed by atoms with E-state index in [-0.39, 0.29) is 29.9 Å². The van der Waals surface area contributed by atoms with E-state index in [1.807, 2.05) is 13.8 Å². The van der Waals surface area contributed by atoms with E-state index in [0.717, 1.165) is 29.4 Å². The van der Waals surface area contributed by atoms with Gasteiger partial charge in [0.2, 0.25) is 5.95 Å². The van der Waals surface area contributed by atoms with Crippen molar-refractivity contribution in [2.24, 2.45) is 4.99 Å². The SMILES string of the molecule is CN=C(NCCNc1nccc(C(F)(F)F)n1)NCCc1nc(C)c(C)s1.I. The van der Waals surface area contributed by atoms with Gasteiger partial charge in [-0.1, -0.05) is 0 Å². The number of guanidine groups is 1. The van der Waals surface area contributed by atoms with Crippen LogP contribution in [0.1, 0.15) is 21.3 Å². The van der Waals surface area contributed by atoms with Gasteiger partial charge in [-0.3, -0.25) is 4.99 Å². The monoisotopic (exact) mass is 529 g/mol. The van der Waals surface area contributed by atoms with E-state index in [9.17, 15) is 13.2 Å². The highest BCUT2D eigenvalue weighted by Crippen LogP contribution is 2.27. The van der Waals surface area contributed by atoms with Crippen molar-refractivity contribution in [2.45, 2.75) is 26.4 Å². The lowest BCUT2D eigenvalue weighted by Crippen LogP contribution is -2.40. The average Bonchev–Trinajstić information content (AvgIpc) is 2.94. The Kier molecular flexibility index (Phi) is 9.85. The van der Waals surface area contributed by atoms with Crippen molar-refractivity contribution in [1.82, 2.24) is 25.6 Å². The number of hydrogen-bond acceptors (Lipinski definition) is 6. The van der Waals surface area contributed by atoms with Gasteiger partial charge in [0.1, 0.15) is 5.69 Å². The maximum absolute atomic E-state index is 12.6. The van der Waals surface area contributed by atoms with Crippen molar-refractivity contribution in [3.05, 3.63) is 33.5 Å². The third kappa shape index (κ3) is 7.73. The molecule has 0 amide bonds. The summed E-state index contributed by atoms with van der Waals surface area (Å²) in [7, 11) is 1.65. The molecular formula is C16H23F3IN7S. The summed E-state index contributed by atoms with van der Waals surface area (Å²) in [6.45, 7) is 5.49. The Bertz CT molecular complexity index is 760. The highest BCUT2D eigenvalue weighted by Gasteiger charge is 2.32. The lowest BCUT2D eigenvalue weighted by atomic mass is 10.4. The first-order valence-corrected chi connectivity index (χ1v) is 9.12.